The van der Waals surface area contributed by atoms with Crippen molar-refractivity contribution in [2.45, 2.75) is 39.3 Å². The molecule has 106 valence electrons. The van der Waals surface area contributed by atoms with Gasteiger partial charge in [-0.2, -0.15) is 0 Å². The van der Waals surface area contributed by atoms with Crippen LogP contribution >= 0.6 is 0 Å². The van der Waals surface area contributed by atoms with E-state index in [4.69, 9.17) is 5.73 Å². The Labute approximate surface area is 121 Å². The van der Waals surface area contributed by atoms with Gasteiger partial charge in [0.2, 0.25) is 0 Å². The Morgan fingerprint density at radius 1 is 1.05 bits per heavy atom. The maximum absolute atomic E-state index is 6.33. The van der Waals surface area contributed by atoms with Gasteiger partial charge in [-0.1, -0.05) is 36.4 Å². The van der Waals surface area contributed by atoms with E-state index in [1.165, 1.54) is 0 Å². The summed E-state index contributed by atoms with van der Waals surface area (Å²) in [5.74, 6) is 0.888. The standard InChI is InChI=1S/C17H23N3/c1-12-14(16(18)13-8-6-5-7-9-13)10-11-15(19-12)20-17(2,3)4/h5-11,16H,18H2,1-4H3,(H,19,20)/t16-/m0/s1. The summed E-state index contributed by atoms with van der Waals surface area (Å²) in [4.78, 5) is 4.61. The van der Waals surface area contributed by atoms with Gasteiger partial charge in [0, 0.05) is 11.2 Å². The Balaban J connectivity index is 2.26. The molecule has 0 amide bonds. The smallest absolute Gasteiger partial charge is 0.126 e. The minimum absolute atomic E-state index is 0.00248. The highest BCUT2D eigenvalue weighted by Crippen LogP contribution is 2.23. The van der Waals surface area contributed by atoms with Gasteiger partial charge in [0.1, 0.15) is 5.82 Å². The number of aryl methyl sites for hydroxylation is 1. The van der Waals surface area contributed by atoms with Crippen LogP contribution in [0.1, 0.15) is 43.6 Å². The highest BCUT2D eigenvalue weighted by molar-refractivity contribution is 5.43. The summed E-state index contributed by atoms with van der Waals surface area (Å²) in [6, 6.07) is 14.0. The number of rotatable bonds is 3. The average Bonchev–Trinajstić information content (AvgIpc) is 2.37. The lowest BCUT2D eigenvalue weighted by Gasteiger charge is -2.22. The molecular formula is C17H23N3. The molecule has 0 saturated carbocycles. The molecule has 1 aromatic carbocycles. The highest BCUT2D eigenvalue weighted by atomic mass is 15.0. The fourth-order valence-corrected chi connectivity index (χ4v) is 2.19. The summed E-state index contributed by atoms with van der Waals surface area (Å²) in [6.07, 6.45) is 0. The SMILES string of the molecule is Cc1nc(NC(C)(C)C)ccc1[C@@H](N)c1ccccc1. The maximum atomic E-state index is 6.33. The first-order chi connectivity index (χ1) is 9.37. The van der Waals surface area contributed by atoms with Gasteiger partial charge in [0.25, 0.3) is 0 Å². The number of anilines is 1. The monoisotopic (exact) mass is 269 g/mol. The second-order valence-corrected chi connectivity index (χ2v) is 6.13. The normalized spacial score (nSPS) is 13.1. The molecule has 1 heterocycles. The Bertz CT molecular complexity index is 571. The number of nitrogens with zero attached hydrogens (tertiary/aromatic N) is 1. The predicted octanol–water partition coefficient (Wildman–Crippen LogP) is 3.65. The third-order valence-electron chi connectivity index (χ3n) is 3.12. The van der Waals surface area contributed by atoms with Gasteiger partial charge in [-0.25, -0.2) is 4.98 Å². The number of nitrogens with two attached hydrogens (primary N) is 1. The third-order valence-corrected chi connectivity index (χ3v) is 3.12. The summed E-state index contributed by atoms with van der Waals surface area (Å²) >= 11 is 0. The van der Waals surface area contributed by atoms with Crippen LogP contribution in [0, 0.1) is 6.92 Å². The van der Waals surface area contributed by atoms with Gasteiger partial charge in [-0.3, -0.25) is 0 Å². The van der Waals surface area contributed by atoms with Crippen LogP contribution in [-0.4, -0.2) is 10.5 Å². The van der Waals surface area contributed by atoms with E-state index in [2.05, 4.69) is 37.1 Å². The van der Waals surface area contributed by atoms with Crippen molar-refractivity contribution < 1.29 is 0 Å². The molecule has 0 fully saturated rings. The fourth-order valence-electron chi connectivity index (χ4n) is 2.19. The van der Waals surface area contributed by atoms with E-state index in [9.17, 15) is 0 Å². The zero-order chi connectivity index (χ0) is 14.8. The molecule has 3 N–H and O–H groups in total. The van der Waals surface area contributed by atoms with Gasteiger partial charge in [0.05, 0.1) is 6.04 Å². The second kappa shape index (κ2) is 5.63. The van der Waals surface area contributed by atoms with Crippen molar-refractivity contribution in [2.24, 2.45) is 5.73 Å². The van der Waals surface area contributed by atoms with E-state index in [-0.39, 0.29) is 11.6 Å². The predicted molar refractivity (Wildman–Crippen MR) is 84.8 cm³/mol. The fraction of sp³-hybridized carbons (Fsp3) is 0.353. The number of nitrogens with one attached hydrogen (secondary N) is 1. The lowest BCUT2D eigenvalue weighted by molar-refractivity contribution is 0.629. The van der Waals surface area contributed by atoms with E-state index >= 15 is 0 Å². The van der Waals surface area contributed by atoms with Crippen molar-refractivity contribution in [3.05, 3.63) is 59.3 Å². The molecule has 2 aromatic rings. The summed E-state index contributed by atoms with van der Waals surface area (Å²) in [5, 5.41) is 3.38. The van der Waals surface area contributed by atoms with Gasteiger partial charge in [-0.15, -0.1) is 0 Å². The van der Waals surface area contributed by atoms with Crippen molar-refractivity contribution in [1.29, 1.82) is 0 Å². The second-order valence-electron chi connectivity index (χ2n) is 6.13. The molecule has 0 aliphatic heterocycles. The minimum Gasteiger partial charge on any atom is -0.365 e. The first-order valence-electron chi connectivity index (χ1n) is 6.93. The van der Waals surface area contributed by atoms with Gasteiger partial charge in [-0.05, 0) is 44.9 Å². The highest BCUT2D eigenvalue weighted by Gasteiger charge is 2.14. The summed E-state index contributed by atoms with van der Waals surface area (Å²) in [5.41, 5.74) is 9.48. The largest absolute Gasteiger partial charge is 0.365 e. The summed E-state index contributed by atoms with van der Waals surface area (Å²) < 4.78 is 0. The van der Waals surface area contributed by atoms with E-state index in [0.717, 1.165) is 22.6 Å². The Morgan fingerprint density at radius 3 is 2.25 bits per heavy atom. The van der Waals surface area contributed by atoms with E-state index in [1.807, 2.05) is 43.3 Å². The molecule has 1 atom stereocenters. The molecule has 0 saturated heterocycles. The maximum Gasteiger partial charge on any atom is 0.126 e. The summed E-state index contributed by atoms with van der Waals surface area (Å²) in [6.45, 7) is 8.36. The molecule has 3 nitrogen and oxygen atoms in total. The average molecular weight is 269 g/mol. The van der Waals surface area contributed by atoms with Crippen LogP contribution in [-0.2, 0) is 0 Å². The molecule has 3 heteroatoms. The molecule has 20 heavy (non-hydrogen) atoms. The summed E-state index contributed by atoms with van der Waals surface area (Å²) in [7, 11) is 0. The van der Waals surface area contributed by atoms with Gasteiger partial charge >= 0.3 is 0 Å². The van der Waals surface area contributed by atoms with Crippen LogP contribution in [0.3, 0.4) is 0 Å². The molecule has 0 aliphatic carbocycles. The number of hydrogen-bond donors (Lipinski definition) is 2. The lowest BCUT2D eigenvalue weighted by Crippen LogP contribution is -2.27. The van der Waals surface area contributed by atoms with Crippen LogP contribution in [0.2, 0.25) is 0 Å². The first kappa shape index (κ1) is 14.5. The van der Waals surface area contributed by atoms with Crippen LogP contribution in [0.15, 0.2) is 42.5 Å². The van der Waals surface area contributed by atoms with Crippen LogP contribution in [0.4, 0.5) is 5.82 Å². The van der Waals surface area contributed by atoms with Crippen molar-refractivity contribution in [3.63, 3.8) is 0 Å². The van der Waals surface area contributed by atoms with Crippen molar-refractivity contribution in [3.8, 4) is 0 Å². The van der Waals surface area contributed by atoms with Gasteiger partial charge < -0.3 is 11.1 Å². The number of pyridine rings is 1. The minimum atomic E-state index is -0.132. The van der Waals surface area contributed by atoms with Crippen LogP contribution < -0.4 is 11.1 Å². The molecule has 0 bridgehead atoms. The van der Waals surface area contributed by atoms with Crippen molar-refractivity contribution in [2.75, 3.05) is 5.32 Å². The third kappa shape index (κ3) is 3.58. The topological polar surface area (TPSA) is 50.9 Å². The van der Waals surface area contributed by atoms with Crippen LogP contribution in [0.5, 0.6) is 0 Å². The molecule has 1 aromatic heterocycles. The number of benzene rings is 1. The van der Waals surface area contributed by atoms with E-state index < -0.39 is 0 Å². The Hall–Kier alpha value is -1.87. The molecular weight excluding hydrogens is 246 g/mol. The van der Waals surface area contributed by atoms with Crippen molar-refractivity contribution in [1.82, 2.24) is 4.98 Å². The lowest BCUT2D eigenvalue weighted by atomic mass is 9.98. The molecule has 0 radical (unpaired) electrons. The number of hydrogen-bond acceptors (Lipinski definition) is 3. The molecule has 0 spiro atoms. The quantitative estimate of drug-likeness (QED) is 0.894. The van der Waals surface area contributed by atoms with Crippen molar-refractivity contribution >= 4 is 5.82 Å². The first-order valence-corrected chi connectivity index (χ1v) is 6.93. The van der Waals surface area contributed by atoms with E-state index in [1.54, 1.807) is 0 Å². The van der Waals surface area contributed by atoms with Crippen LogP contribution in [0.25, 0.3) is 0 Å². The molecule has 0 aliphatic rings. The number of aromatic nitrogens is 1. The Kier molecular flexibility index (Phi) is 4.09. The molecule has 0 unspecified atom stereocenters. The van der Waals surface area contributed by atoms with E-state index in [0.29, 0.717) is 0 Å². The Morgan fingerprint density at radius 2 is 1.70 bits per heavy atom. The molecule has 2 rings (SSSR count). The van der Waals surface area contributed by atoms with Gasteiger partial charge in [0.15, 0.2) is 0 Å². The zero-order valence-electron chi connectivity index (χ0n) is 12.6. The zero-order valence-corrected chi connectivity index (χ0v) is 12.6.